The van der Waals surface area contributed by atoms with Crippen molar-refractivity contribution in [2.24, 2.45) is 11.7 Å². The Morgan fingerprint density at radius 1 is 1.60 bits per heavy atom. The molecule has 0 heterocycles. The van der Waals surface area contributed by atoms with Crippen molar-refractivity contribution in [1.82, 2.24) is 5.32 Å². The lowest BCUT2D eigenvalue weighted by Crippen LogP contribution is -2.32. The maximum Gasteiger partial charge on any atom is 0.176 e. The Kier molecular flexibility index (Phi) is 4.69. The summed E-state index contributed by atoms with van der Waals surface area (Å²) >= 11 is 0. The summed E-state index contributed by atoms with van der Waals surface area (Å²) in [7, 11) is 0. The molecule has 0 rings (SSSR count). The van der Waals surface area contributed by atoms with Gasteiger partial charge in [-0.1, -0.05) is 13.8 Å². The average molecular weight is 141 g/mol. The van der Waals surface area contributed by atoms with Crippen LogP contribution in [-0.4, -0.2) is 12.6 Å². The van der Waals surface area contributed by atoms with Crippen molar-refractivity contribution in [2.45, 2.75) is 26.3 Å². The summed E-state index contributed by atoms with van der Waals surface area (Å²) in [6, 6.07) is 0.245. The molecule has 3 N–H and O–H groups in total. The number of hydrogen-bond donors (Lipinski definition) is 2. The Balaban J connectivity index is 3.63. The minimum absolute atomic E-state index is 0.245. The van der Waals surface area contributed by atoms with Gasteiger partial charge in [0.1, 0.15) is 0 Å². The highest BCUT2D eigenvalue weighted by Gasteiger charge is 2.09. The highest BCUT2D eigenvalue weighted by atomic mass is 14.9. The van der Waals surface area contributed by atoms with Crippen LogP contribution in [0.1, 0.15) is 20.3 Å². The lowest BCUT2D eigenvalue weighted by molar-refractivity contribution is 0.424. The van der Waals surface area contributed by atoms with Crippen molar-refractivity contribution in [3.8, 4) is 6.19 Å². The third-order valence-corrected chi connectivity index (χ3v) is 1.53. The fourth-order valence-corrected chi connectivity index (χ4v) is 0.835. The number of rotatable bonds is 4. The SMILES string of the molecule is CC(C)C(CCN)NC#N. The second kappa shape index (κ2) is 5.07. The van der Waals surface area contributed by atoms with E-state index in [-0.39, 0.29) is 6.04 Å². The highest BCUT2D eigenvalue weighted by molar-refractivity contribution is 4.78. The molecule has 0 saturated heterocycles. The molecule has 58 valence electrons. The van der Waals surface area contributed by atoms with E-state index in [1.54, 1.807) is 0 Å². The quantitative estimate of drug-likeness (QED) is 0.441. The summed E-state index contributed by atoms with van der Waals surface area (Å²) in [5, 5.41) is 11.0. The maximum atomic E-state index is 8.31. The maximum absolute atomic E-state index is 8.31. The van der Waals surface area contributed by atoms with Gasteiger partial charge in [0.15, 0.2) is 6.19 Å². The van der Waals surface area contributed by atoms with Gasteiger partial charge in [0.05, 0.1) is 0 Å². The molecular formula is C7H15N3. The van der Waals surface area contributed by atoms with Gasteiger partial charge in [0, 0.05) is 6.04 Å². The van der Waals surface area contributed by atoms with Gasteiger partial charge < -0.3 is 11.1 Å². The van der Waals surface area contributed by atoms with E-state index in [4.69, 9.17) is 11.0 Å². The zero-order chi connectivity index (χ0) is 7.98. The van der Waals surface area contributed by atoms with Crippen molar-refractivity contribution in [3.05, 3.63) is 0 Å². The lowest BCUT2D eigenvalue weighted by Gasteiger charge is -2.17. The summed E-state index contributed by atoms with van der Waals surface area (Å²) in [5.74, 6) is 0.475. The molecule has 0 aliphatic carbocycles. The van der Waals surface area contributed by atoms with Crippen LogP contribution < -0.4 is 11.1 Å². The molecule has 0 aliphatic heterocycles. The molecule has 0 aromatic rings. The first-order chi connectivity index (χ1) is 4.72. The van der Waals surface area contributed by atoms with Crippen molar-refractivity contribution in [2.75, 3.05) is 6.54 Å². The van der Waals surface area contributed by atoms with Gasteiger partial charge in [-0.2, -0.15) is 5.26 Å². The molecular weight excluding hydrogens is 126 g/mol. The summed E-state index contributed by atoms with van der Waals surface area (Å²) in [5.41, 5.74) is 5.35. The zero-order valence-electron chi connectivity index (χ0n) is 6.59. The van der Waals surface area contributed by atoms with Crippen LogP contribution >= 0.6 is 0 Å². The minimum atomic E-state index is 0.245. The van der Waals surface area contributed by atoms with Crippen LogP contribution in [-0.2, 0) is 0 Å². The number of nitrogens with one attached hydrogen (secondary N) is 1. The molecule has 0 aliphatic rings. The van der Waals surface area contributed by atoms with Crippen molar-refractivity contribution in [3.63, 3.8) is 0 Å². The van der Waals surface area contributed by atoms with Gasteiger partial charge in [-0.05, 0) is 18.9 Å². The van der Waals surface area contributed by atoms with E-state index in [1.165, 1.54) is 0 Å². The lowest BCUT2D eigenvalue weighted by atomic mass is 10.0. The van der Waals surface area contributed by atoms with Gasteiger partial charge in [0.2, 0.25) is 0 Å². The Morgan fingerprint density at radius 3 is 2.50 bits per heavy atom. The third kappa shape index (κ3) is 3.31. The van der Waals surface area contributed by atoms with E-state index in [1.807, 2.05) is 6.19 Å². The van der Waals surface area contributed by atoms with Gasteiger partial charge in [-0.3, -0.25) is 0 Å². The molecule has 0 bridgehead atoms. The summed E-state index contributed by atoms with van der Waals surface area (Å²) < 4.78 is 0. The number of nitrogens with two attached hydrogens (primary N) is 1. The molecule has 0 fully saturated rings. The molecule has 0 spiro atoms. The van der Waals surface area contributed by atoms with Crippen LogP contribution in [0.5, 0.6) is 0 Å². The van der Waals surface area contributed by atoms with Crippen LogP contribution in [0.15, 0.2) is 0 Å². The Hall–Kier alpha value is -0.750. The predicted octanol–water partition coefficient (Wildman–Crippen LogP) is 0.430. The van der Waals surface area contributed by atoms with Crippen LogP contribution in [0.2, 0.25) is 0 Å². The van der Waals surface area contributed by atoms with Gasteiger partial charge in [-0.15, -0.1) is 0 Å². The third-order valence-electron chi connectivity index (χ3n) is 1.53. The van der Waals surface area contributed by atoms with Gasteiger partial charge in [0.25, 0.3) is 0 Å². The van der Waals surface area contributed by atoms with E-state index >= 15 is 0 Å². The second-order valence-electron chi connectivity index (χ2n) is 2.68. The minimum Gasteiger partial charge on any atom is -0.330 e. The average Bonchev–Trinajstić information content (AvgIpc) is 1.87. The summed E-state index contributed by atoms with van der Waals surface area (Å²) in [6.45, 7) is 4.78. The smallest absolute Gasteiger partial charge is 0.176 e. The number of nitriles is 1. The van der Waals surface area contributed by atoms with Crippen LogP contribution in [0.4, 0.5) is 0 Å². The monoisotopic (exact) mass is 141 g/mol. The largest absolute Gasteiger partial charge is 0.330 e. The van der Waals surface area contributed by atoms with E-state index in [0.29, 0.717) is 12.5 Å². The van der Waals surface area contributed by atoms with Gasteiger partial charge in [-0.25, -0.2) is 0 Å². The molecule has 10 heavy (non-hydrogen) atoms. The first kappa shape index (κ1) is 9.25. The second-order valence-corrected chi connectivity index (χ2v) is 2.68. The zero-order valence-corrected chi connectivity index (χ0v) is 6.59. The normalized spacial score (nSPS) is 12.7. The molecule has 3 nitrogen and oxygen atoms in total. The van der Waals surface area contributed by atoms with Crippen LogP contribution in [0, 0.1) is 17.4 Å². The van der Waals surface area contributed by atoms with E-state index in [2.05, 4.69) is 19.2 Å². The highest BCUT2D eigenvalue weighted by Crippen LogP contribution is 2.03. The summed E-state index contributed by atoms with van der Waals surface area (Å²) in [6.07, 6.45) is 2.79. The molecule has 0 aromatic heterocycles. The van der Waals surface area contributed by atoms with E-state index < -0.39 is 0 Å². The van der Waals surface area contributed by atoms with Crippen LogP contribution in [0.3, 0.4) is 0 Å². The first-order valence-corrected chi connectivity index (χ1v) is 3.57. The topological polar surface area (TPSA) is 61.8 Å². The van der Waals surface area contributed by atoms with Crippen molar-refractivity contribution >= 4 is 0 Å². The Morgan fingerprint density at radius 2 is 2.20 bits per heavy atom. The summed E-state index contributed by atoms with van der Waals surface area (Å²) in [4.78, 5) is 0. The van der Waals surface area contributed by atoms with E-state index in [9.17, 15) is 0 Å². The fraction of sp³-hybridized carbons (Fsp3) is 0.857. The fourth-order valence-electron chi connectivity index (χ4n) is 0.835. The molecule has 3 heteroatoms. The van der Waals surface area contributed by atoms with Gasteiger partial charge >= 0.3 is 0 Å². The predicted molar refractivity (Wildman–Crippen MR) is 41.0 cm³/mol. The Bertz CT molecular complexity index is 115. The van der Waals surface area contributed by atoms with Crippen LogP contribution in [0.25, 0.3) is 0 Å². The van der Waals surface area contributed by atoms with Crippen molar-refractivity contribution in [1.29, 1.82) is 5.26 Å². The van der Waals surface area contributed by atoms with E-state index in [0.717, 1.165) is 6.42 Å². The van der Waals surface area contributed by atoms with Crippen molar-refractivity contribution < 1.29 is 0 Å². The Labute approximate surface area is 62.2 Å². The number of hydrogen-bond acceptors (Lipinski definition) is 3. The number of nitrogens with zero attached hydrogens (tertiary/aromatic N) is 1. The standard InChI is InChI=1S/C7H15N3/c1-6(2)7(3-4-8)10-5-9/h6-7,10H,3-4,8H2,1-2H3. The molecule has 1 unspecified atom stereocenters. The molecule has 1 atom stereocenters. The molecule has 0 amide bonds. The molecule has 0 aromatic carbocycles. The first-order valence-electron chi connectivity index (χ1n) is 3.57. The molecule has 0 saturated carbocycles. The molecule has 0 radical (unpaired) electrons.